The average molecular weight is 340 g/mol. The third kappa shape index (κ3) is 3.62. The third-order valence-corrected chi connectivity index (χ3v) is 5.14. The molecule has 2 aromatic rings. The van der Waals surface area contributed by atoms with Crippen LogP contribution >= 0.6 is 0 Å². The first kappa shape index (κ1) is 16.0. The summed E-state index contributed by atoms with van der Waals surface area (Å²) in [5.41, 5.74) is 1.07. The molecule has 0 radical (unpaired) electrons. The van der Waals surface area contributed by atoms with Gasteiger partial charge >= 0.3 is 0 Å². The van der Waals surface area contributed by atoms with Crippen LogP contribution in [0.2, 0.25) is 0 Å². The molecule has 6 heteroatoms. The van der Waals surface area contributed by atoms with E-state index in [9.17, 15) is 9.18 Å². The summed E-state index contributed by atoms with van der Waals surface area (Å²) < 4.78 is 13.0. The van der Waals surface area contributed by atoms with Gasteiger partial charge in [-0.15, -0.1) is 5.10 Å². The van der Waals surface area contributed by atoms with Gasteiger partial charge in [0.1, 0.15) is 11.6 Å². The van der Waals surface area contributed by atoms with Crippen molar-refractivity contribution in [2.45, 2.75) is 31.2 Å². The van der Waals surface area contributed by atoms with E-state index in [2.05, 4.69) is 15.5 Å². The van der Waals surface area contributed by atoms with Gasteiger partial charge in [0.25, 0.3) is 0 Å². The molecular weight excluding hydrogens is 319 g/mol. The number of nitrogens with zero attached hydrogens (tertiary/aromatic N) is 3. The number of hydrogen-bond donors (Lipinski definition) is 1. The SMILES string of the molecule is O=C(C1CC1c1ccc(F)cc1)N1CCC(Nc2cccnn2)CC1. The molecule has 1 saturated heterocycles. The van der Waals surface area contributed by atoms with Gasteiger partial charge in [0, 0.05) is 31.2 Å². The molecule has 1 aliphatic carbocycles. The minimum atomic E-state index is -0.232. The van der Waals surface area contributed by atoms with Crippen molar-refractivity contribution in [3.63, 3.8) is 0 Å². The first-order chi connectivity index (χ1) is 12.2. The molecule has 1 N–H and O–H groups in total. The number of likely N-dealkylation sites (tertiary alicyclic amines) is 1. The predicted octanol–water partition coefficient (Wildman–Crippen LogP) is 2.82. The summed E-state index contributed by atoms with van der Waals surface area (Å²) in [4.78, 5) is 14.7. The van der Waals surface area contributed by atoms with Gasteiger partial charge in [-0.05, 0) is 55.0 Å². The Morgan fingerprint density at radius 1 is 1.16 bits per heavy atom. The Kier molecular flexibility index (Phi) is 4.34. The van der Waals surface area contributed by atoms with Crippen LogP contribution in [0.5, 0.6) is 0 Å². The second kappa shape index (κ2) is 6.78. The zero-order chi connectivity index (χ0) is 17.2. The van der Waals surface area contributed by atoms with Gasteiger partial charge in [-0.1, -0.05) is 12.1 Å². The fourth-order valence-corrected chi connectivity index (χ4v) is 3.61. The normalized spacial score (nSPS) is 23.3. The first-order valence-corrected chi connectivity index (χ1v) is 8.79. The highest BCUT2D eigenvalue weighted by Crippen LogP contribution is 2.48. The minimum absolute atomic E-state index is 0.0648. The highest BCUT2D eigenvalue weighted by molar-refractivity contribution is 5.83. The van der Waals surface area contributed by atoms with E-state index in [0.717, 1.165) is 43.7 Å². The van der Waals surface area contributed by atoms with Crippen LogP contribution in [0.1, 0.15) is 30.7 Å². The van der Waals surface area contributed by atoms with E-state index in [1.54, 1.807) is 18.3 Å². The number of aromatic nitrogens is 2. The Labute approximate surface area is 146 Å². The molecular formula is C19H21FN4O. The number of carbonyl (C=O) groups excluding carboxylic acids is 1. The average Bonchev–Trinajstić information content (AvgIpc) is 3.44. The van der Waals surface area contributed by atoms with Crippen LogP contribution in [0.3, 0.4) is 0 Å². The van der Waals surface area contributed by atoms with Crippen LogP contribution in [0, 0.1) is 11.7 Å². The molecule has 1 aromatic carbocycles. The molecule has 1 saturated carbocycles. The molecule has 0 spiro atoms. The lowest BCUT2D eigenvalue weighted by Crippen LogP contribution is -2.43. The summed E-state index contributed by atoms with van der Waals surface area (Å²) in [5, 5.41) is 11.3. The summed E-state index contributed by atoms with van der Waals surface area (Å²) >= 11 is 0. The van der Waals surface area contributed by atoms with Crippen LogP contribution in [0.15, 0.2) is 42.6 Å². The Hall–Kier alpha value is -2.50. The third-order valence-electron chi connectivity index (χ3n) is 5.14. The maximum atomic E-state index is 13.0. The molecule has 2 heterocycles. The van der Waals surface area contributed by atoms with E-state index in [1.807, 2.05) is 17.0 Å². The molecule has 0 bridgehead atoms. The van der Waals surface area contributed by atoms with Crippen molar-refractivity contribution in [1.29, 1.82) is 0 Å². The van der Waals surface area contributed by atoms with E-state index >= 15 is 0 Å². The van der Waals surface area contributed by atoms with Gasteiger partial charge in [-0.3, -0.25) is 4.79 Å². The number of hydrogen-bond acceptors (Lipinski definition) is 4. The Morgan fingerprint density at radius 3 is 2.60 bits per heavy atom. The second-order valence-electron chi connectivity index (χ2n) is 6.85. The topological polar surface area (TPSA) is 58.1 Å². The number of benzene rings is 1. The van der Waals surface area contributed by atoms with Crippen molar-refractivity contribution in [3.8, 4) is 0 Å². The number of piperidine rings is 1. The number of nitrogens with one attached hydrogen (secondary N) is 1. The zero-order valence-corrected chi connectivity index (χ0v) is 13.9. The van der Waals surface area contributed by atoms with Crippen molar-refractivity contribution in [2.24, 2.45) is 5.92 Å². The smallest absolute Gasteiger partial charge is 0.226 e. The summed E-state index contributed by atoms with van der Waals surface area (Å²) in [6.45, 7) is 1.53. The van der Waals surface area contributed by atoms with Crippen molar-refractivity contribution >= 4 is 11.7 Å². The van der Waals surface area contributed by atoms with Crippen molar-refractivity contribution in [1.82, 2.24) is 15.1 Å². The maximum Gasteiger partial charge on any atom is 0.226 e. The Morgan fingerprint density at radius 2 is 1.92 bits per heavy atom. The largest absolute Gasteiger partial charge is 0.366 e. The van der Waals surface area contributed by atoms with E-state index in [4.69, 9.17) is 0 Å². The lowest BCUT2D eigenvalue weighted by Gasteiger charge is -2.32. The van der Waals surface area contributed by atoms with E-state index < -0.39 is 0 Å². The summed E-state index contributed by atoms with van der Waals surface area (Å²) in [5.74, 6) is 1.11. The van der Waals surface area contributed by atoms with Gasteiger partial charge in [0.2, 0.25) is 5.91 Å². The summed E-state index contributed by atoms with van der Waals surface area (Å²) in [6, 6.07) is 10.6. The van der Waals surface area contributed by atoms with Crippen molar-refractivity contribution in [2.75, 3.05) is 18.4 Å². The lowest BCUT2D eigenvalue weighted by atomic mass is 10.0. The molecule has 2 aliphatic rings. The van der Waals surface area contributed by atoms with Crippen LogP contribution in [0.25, 0.3) is 0 Å². The number of carbonyl (C=O) groups is 1. The lowest BCUT2D eigenvalue weighted by molar-refractivity contribution is -0.133. The fraction of sp³-hybridized carbons (Fsp3) is 0.421. The summed E-state index contributed by atoms with van der Waals surface area (Å²) in [6.07, 6.45) is 4.36. The quantitative estimate of drug-likeness (QED) is 0.930. The molecule has 130 valence electrons. The monoisotopic (exact) mass is 340 g/mol. The molecule has 5 nitrogen and oxygen atoms in total. The molecule has 2 fully saturated rings. The molecule has 1 aromatic heterocycles. The number of amides is 1. The minimum Gasteiger partial charge on any atom is -0.366 e. The Balaban J connectivity index is 1.28. The van der Waals surface area contributed by atoms with Gasteiger partial charge < -0.3 is 10.2 Å². The van der Waals surface area contributed by atoms with Crippen LogP contribution in [-0.4, -0.2) is 40.1 Å². The molecule has 2 atom stereocenters. The molecule has 4 rings (SSSR count). The standard InChI is InChI=1S/C19H21FN4O/c20-14-5-3-13(4-6-14)16-12-17(16)19(25)24-10-7-15(8-11-24)22-18-2-1-9-21-23-18/h1-6,9,15-17H,7-8,10-12H2,(H,22,23). The van der Waals surface area contributed by atoms with Gasteiger partial charge in [0.05, 0.1) is 0 Å². The summed E-state index contributed by atoms with van der Waals surface area (Å²) in [7, 11) is 0. The van der Waals surface area contributed by atoms with Gasteiger partial charge in [-0.2, -0.15) is 5.10 Å². The zero-order valence-electron chi connectivity index (χ0n) is 13.9. The van der Waals surface area contributed by atoms with Gasteiger partial charge in [0.15, 0.2) is 0 Å². The van der Waals surface area contributed by atoms with E-state index in [0.29, 0.717) is 6.04 Å². The highest BCUT2D eigenvalue weighted by Gasteiger charge is 2.46. The van der Waals surface area contributed by atoms with E-state index in [-0.39, 0.29) is 23.6 Å². The van der Waals surface area contributed by atoms with Crippen LogP contribution < -0.4 is 5.32 Å². The van der Waals surface area contributed by atoms with E-state index in [1.165, 1.54) is 12.1 Å². The molecule has 1 aliphatic heterocycles. The second-order valence-corrected chi connectivity index (χ2v) is 6.85. The number of anilines is 1. The maximum absolute atomic E-state index is 13.0. The van der Waals surface area contributed by atoms with Crippen molar-refractivity contribution in [3.05, 3.63) is 54.0 Å². The van der Waals surface area contributed by atoms with Crippen molar-refractivity contribution < 1.29 is 9.18 Å². The number of rotatable bonds is 4. The molecule has 1 amide bonds. The highest BCUT2D eigenvalue weighted by atomic mass is 19.1. The predicted molar refractivity (Wildman–Crippen MR) is 92.5 cm³/mol. The molecule has 2 unspecified atom stereocenters. The molecule has 25 heavy (non-hydrogen) atoms. The van der Waals surface area contributed by atoms with Crippen LogP contribution in [-0.2, 0) is 4.79 Å². The van der Waals surface area contributed by atoms with Crippen LogP contribution in [0.4, 0.5) is 10.2 Å². The van der Waals surface area contributed by atoms with Gasteiger partial charge in [-0.25, -0.2) is 4.39 Å². The fourth-order valence-electron chi connectivity index (χ4n) is 3.61. The first-order valence-electron chi connectivity index (χ1n) is 8.79. The Bertz CT molecular complexity index is 729. The number of halogens is 1.